The van der Waals surface area contributed by atoms with Crippen molar-refractivity contribution in [3.05, 3.63) is 29.3 Å². The summed E-state index contributed by atoms with van der Waals surface area (Å²) in [5.74, 6) is 1.48. The molecule has 5 nitrogen and oxygen atoms in total. The maximum absolute atomic E-state index is 5.86. The van der Waals surface area contributed by atoms with Crippen LogP contribution in [0.25, 0.3) is 11.4 Å². The van der Waals surface area contributed by atoms with E-state index in [1.807, 2.05) is 24.3 Å². The number of hydrogen-bond donors (Lipinski definition) is 1. The number of H-pyrrole nitrogens is 1. The van der Waals surface area contributed by atoms with Crippen LogP contribution in [-0.4, -0.2) is 41.5 Å². The second-order valence-corrected chi connectivity index (χ2v) is 4.53. The Bertz CT molecular complexity index is 519. The van der Waals surface area contributed by atoms with E-state index in [2.05, 4.69) is 20.1 Å². The van der Waals surface area contributed by atoms with Gasteiger partial charge in [0, 0.05) is 23.7 Å². The quantitative estimate of drug-likeness (QED) is 0.901. The van der Waals surface area contributed by atoms with E-state index in [4.69, 9.17) is 16.3 Å². The van der Waals surface area contributed by atoms with Crippen LogP contribution in [0.1, 0.15) is 0 Å². The Hall–Kier alpha value is -1.59. The van der Waals surface area contributed by atoms with Crippen LogP contribution in [0.15, 0.2) is 24.3 Å². The first-order valence-electron chi connectivity index (χ1n) is 5.84. The zero-order chi connectivity index (χ0) is 12.4. The van der Waals surface area contributed by atoms with Crippen molar-refractivity contribution >= 4 is 17.5 Å². The molecule has 94 valence electrons. The Morgan fingerprint density at radius 2 is 1.89 bits per heavy atom. The van der Waals surface area contributed by atoms with Crippen LogP contribution in [-0.2, 0) is 4.74 Å². The number of aromatic nitrogens is 3. The van der Waals surface area contributed by atoms with E-state index in [1.165, 1.54) is 0 Å². The molecule has 0 spiro atoms. The van der Waals surface area contributed by atoms with E-state index >= 15 is 0 Å². The molecule has 6 heteroatoms. The van der Waals surface area contributed by atoms with Crippen molar-refractivity contribution in [2.24, 2.45) is 0 Å². The minimum absolute atomic E-state index is 0.715. The number of halogens is 1. The average molecular weight is 265 g/mol. The van der Waals surface area contributed by atoms with Crippen molar-refractivity contribution in [2.45, 2.75) is 0 Å². The lowest BCUT2D eigenvalue weighted by Gasteiger charge is -2.25. The Balaban J connectivity index is 1.82. The highest BCUT2D eigenvalue weighted by molar-refractivity contribution is 6.30. The van der Waals surface area contributed by atoms with Crippen LogP contribution in [0, 0.1) is 0 Å². The molecule has 1 aromatic carbocycles. The third-order valence-corrected chi connectivity index (χ3v) is 3.14. The zero-order valence-electron chi connectivity index (χ0n) is 9.77. The molecule has 1 aromatic heterocycles. The third kappa shape index (κ3) is 2.32. The lowest BCUT2D eigenvalue weighted by molar-refractivity contribution is 0.122. The molecule has 2 aromatic rings. The lowest BCUT2D eigenvalue weighted by atomic mass is 10.2. The molecule has 18 heavy (non-hydrogen) atoms. The van der Waals surface area contributed by atoms with E-state index in [0.29, 0.717) is 5.02 Å². The highest BCUT2D eigenvalue weighted by atomic mass is 35.5. The van der Waals surface area contributed by atoms with E-state index < -0.39 is 0 Å². The van der Waals surface area contributed by atoms with Crippen LogP contribution in [0.2, 0.25) is 5.02 Å². The molecular formula is C12H13ClN4O. The Morgan fingerprint density at radius 1 is 1.17 bits per heavy atom. The van der Waals surface area contributed by atoms with E-state index in [0.717, 1.165) is 43.6 Å². The standard InChI is InChI=1S/C12H13ClN4O/c13-10-3-1-9(2-4-10)11-14-12(16-15-11)17-5-7-18-8-6-17/h1-4H,5-8H2,(H,14,15,16). The van der Waals surface area contributed by atoms with Crippen molar-refractivity contribution in [1.82, 2.24) is 15.2 Å². The maximum atomic E-state index is 5.86. The number of benzene rings is 1. The number of anilines is 1. The van der Waals surface area contributed by atoms with Crippen molar-refractivity contribution in [2.75, 3.05) is 31.2 Å². The second-order valence-electron chi connectivity index (χ2n) is 4.09. The van der Waals surface area contributed by atoms with Gasteiger partial charge in [0.2, 0.25) is 5.95 Å². The molecule has 0 bridgehead atoms. The van der Waals surface area contributed by atoms with Crippen LogP contribution in [0.3, 0.4) is 0 Å². The van der Waals surface area contributed by atoms with Crippen LogP contribution in [0.5, 0.6) is 0 Å². The second kappa shape index (κ2) is 4.96. The van der Waals surface area contributed by atoms with E-state index in [1.54, 1.807) is 0 Å². The van der Waals surface area contributed by atoms with E-state index in [9.17, 15) is 0 Å². The Labute approximate surface area is 110 Å². The number of rotatable bonds is 2. The summed E-state index contributed by atoms with van der Waals surface area (Å²) in [7, 11) is 0. The lowest BCUT2D eigenvalue weighted by Crippen LogP contribution is -2.36. The smallest absolute Gasteiger partial charge is 0.245 e. The molecule has 1 saturated heterocycles. The number of aromatic amines is 1. The highest BCUT2D eigenvalue weighted by Crippen LogP contribution is 2.20. The molecule has 0 saturated carbocycles. The van der Waals surface area contributed by atoms with Gasteiger partial charge in [-0.1, -0.05) is 11.6 Å². The van der Waals surface area contributed by atoms with Gasteiger partial charge >= 0.3 is 0 Å². The molecule has 1 fully saturated rings. The fourth-order valence-corrected chi connectivity index (χ4v) is 2.02. The molecule has 1 aliphatic rings. The van der Waals surface area contributed by atoms with Gasteiger partial charge in [-0.15, -0.1) is 5.10 Å². The molecule has 0 radical (unpaired) electrons. The molecule has 0 amide bonds. The first-order valence-corrected chi connectivity index (χ1v) is 6.22. The third-order valence-electron chi connectivity index (χ3n) is 2.89. The molecule has 2 heterocycles. The topological polar surface area (TPSA) is 54.0 Å². The fourth-order valence-electron chi connectivity index (χ4n) is 1.89. The summed E-state index contributed by atoms with van der Waals surface area (Å²) in [6, 6.07) is 7.53. The number of nitrogens with one attached hydrogen (secondary N) is 1. The summed E-state index contributed by atoms with van der Waals surface area (Å²) in [5.41, 5.74) is 0.978. The molecule has 0 aliphatic carbocycles. The summed E-state index contributed by atoms with van der Waals surface area (Å²) < 4.78 is 5.30. The summed E-state index contributed by atoms with van der Waals surface area (Å²) in [5, 5.41) is 7.91. The van der Waals surface area contributed by atoms with Gasteiger partial charge in [0.05, 0.1) is 13.2 Å². The van der Waals surface area contributed by atoms with Gasteiger partial charge in [-0.25, -0.2) is 0 Å². The van der Waals surface area contributed by atoms with Gasteiger partial charge in [-0.3, -0.25) is 5.10 Å². The molecule has 0 unspecified atom stereocenters. The summed E-state index contributed by atoms with van der Waals surface area (Å²) >= 11 is 5.86. The summed E-state index contributed by atoms with van der Waals surface area (Å²) in [6.45, 7) is 3.12. The Morgan fingerprint density at radius 3 is 2.61 bits per heavy atom. The largest absolute Gasteiger partial charge is 0.378 e. The zero-order valence-corrected chi connectivity index (χ0v) is 10.5. The van der Waals surface area contributed by atoms with Gasteiger partial charge in [-0.05, 0) is 24.3 Å². The molecule has 1 N–H and O–H groups in total. The predicted molar refractivity (Wildman–Crippen MR) is 69.9 cm³/mol. The van der Waals surface area contributed by atoms with Gasteiger partial charge in [0.15, 0.2) is 5.82 Å². The van der Waals surface area contributed by atoms with E-state index in [-0.39, 0.29) is 0 Å². The van der Waals surface area contributed by atoms with Crippen LogP contribution >= 0.6 is 11.6 Å². The number of ether oxygens (including phenoxy) is 1. The average Bonchev–Trinajstić information content (AvgIpc) is 2.90. The minimum Gasteiger partial charge on any atom is -0.378 e. The monoisotopic (exact) mass is 264 g/mol. The number of hydrogen-bond acceptors (Lipinski definition) is 4. The number of morpholine rings is 1. The van der Waals surface area contributed by atoms with Gasteiger partial charge in [0.25, 0.3) is 0 Å². The predicted octanol–water partition coefficient (Wildman–Crippen LogP) is 1.96. The highest BCUT2D eigenvalue weighted by Gasteiger charge is 2.15. The molecule has 1 aliphatic heterocycles. The van der Waals surface area contributed by atoms with Gasteiger partial charge < -0.3 is 9.64 Å². The first kappa shape index (κ1) is 11.5. The maximum Gasteiger partial charge on any atom is 0.245 e. The first-order chi connectivity index (χ1) is 8.83. The van der Waals surface area contributed by atoms with Crippen LogP contribution < -0.4 is 4.90 Å². The van der Waals surface area contributed by atoms with Gasteiger partial charge in [0.1, 0.15) is 0 Å². The van der Waals surface area contributed by atoms with Crippen molar-refractivity contribution in [3.63, 3.8) is 0 Å². The molecule has 0 atom stereocenters. The fraction of sp³-hybridized carbons (Fsp3) is 0.333. The normalized spacial score (nSPS) is 15.9. The van der Waals surface area contributed by atoms with Crippen molar-refractivity contribution < 1.29 is 4.74 Å². The number of nitrogens with zero attached hydrogens (tertiary/aromatic N) is 3. The minimum atomic E-state index is 0.715. The SMILES string of the molecule is Clc1ccc(-c2nc(N3CCOCC3)n[nH]2)cc1. The summed E-state index contributed by atoms with van der Waals surface area (Å²) in [6.07, 6.45) is 0. The summed E-state index contributed by atoms with van der Waals surface area (Å²) in [4.78, 5) is 6.60. The molecular weight excluding hydrogens is 252 g/mol. The van der Waals surface area contributed by atoms with Gasteiger partial charge in [-0.2, -0.15) is 4.98 Å². The molecule has 3 rings (SSSR count). The van der Waals surface area contributed by atoms with Crippen molar-refractivity contribution in [3.8, 4) is 11.4 Å². The van der Waals surface area contributed by atoms with Crippen LogP contribution in [0.4, 0.5) is 5.95 Å². The van der Waals surface area contributed by atoms with Crippen molar-refractivity contribution in [1.29, 1.82) is 0 Å². The Kier molecular flexibility index (Phi) is 3.17.